The number of morpholine rings is 1. The van der Waals surface area contributed by atoms with Crippen molar-refractivity contribution in [2.24, 2.45) is 18.9 Å². The smallest absolute Gasteiger partial charge is 0.262 e. The predicted molar refractivity (Wildman–Crippen MR) is 86.9 cm³/mol. The molecule has 7 nitrogen and oxygen atoms in total. The van der Waals surface area contributed by atoms with Crippen LogP contribution in [0, 0.1) is 11.8 Å². The van der Waals surface area contributed by atoms with Crippen LogP contribution in [0.1, 0.15) is 25.7 Å². The lowest BCUT2D eigenvalue weighted by molar-refractivity contribution is -0.0253. The summed E-state index contributed by atoms with van der Waals surface area (Å²) in [4.78, 5) is 4.04. The fourth-order valence-corrected chi connectivity index (χ4v) is 5.39. The molecule has 3 fully saturated rings. The van der Waals surface area contributed by atoms with Gasteiger partial charge < -0.3 is 14.0 Å². The van der Waals surface area contributed by atoms with Crippen LogP contribution in [0.4, 0.5) is 0 Å². The Balaban J connectivity index is 1.44. The normalized spacial score (nSPS) is 31.3. The van der Waals surface area contributed by atoms with Crippen LogP contribution in [0.25, 0.3) is 0 Å². The van der Waals surface area contributed by atoms with Gasteiger partial charge in [0.1, 0.15) is 0 Å². The standard InChI is InChI=1S/C16H25N3O4S/c1-18-8-16(17-11-18)24(20,21)19-4-5-23-15-7-13(6-14(15)19)10-22-9-12-2-3-12/h8,11-15H,2-7,9-10H2,1H3. The van der Waals surface area contributed by atoms with Crippen LogP contribution in [0.3, 0.4) is 0 Å². The van der Waals surface area contributed by atoms with E-state index < -0.39 is 10.0 Å². The molecule has 8 heteroatoms. The van der Waals surface area contributed by atoms with Gasteiger partial charge in [0, 0.05) is 33.0 Å². The molecule has 0 spiro atoms. The molecule has 1 aliphatic heterocycles. The Bertz CT molecular complexity index is 685. The first-order valence-electron chi connectivity index (χ1n) is 8.73. The average molecular weight is 355 g/mol. The quantitative estimate of drug-likeness (QED) is 0.762. The van der Waals surface area contributed by atoms with Crippen molar-refractivity contribution in [1.29, 1.82) is 0 Å². The summed E-state index contributed by atoms with van der Waals surface area (Å²) in [6.07, 6.45) is 7.32. The van der Waals surface area contributed by atoms with Crippen molar-refractivity contribution in [1.82, 2.24) is 13.9 Å². The molecule has 3 atom stereocenters. The largest absolute Gasteiger partial charge is 0.381 e. The van der Waals surface area contributed by atoms with Gasteiger partial charge in [-0.05, 0) is 37.5 Å². The number of aryl methyl sites for hydroxylation is 1. The van der Waals surface area contributed by atoms with Crippen LogP contribution in [-0.2, 0) is 26.5 Å². The molecule has 1 aromatic rings. The van der Waals surface area contributed by atoms with Crippen LogP contribution in [0.15, 0.2) is 17.6 Å². The second kappa shape index (κ2) is 6.40. The lowest BCUT2D eigenvalue weighted by Gasteiger charge is -2.35. The zero-order chi connectivity index (χ0) is 16.7. The van der Waals surface area contributed by atoms with E-state index in [1.165, 1.54) is 19.2 Å². The van der Waals surface area contributed by atoms with E-state index in [2.05, 4.69) is 4.98 Å². The van der Waals surface area contributed by atoms with Crippen LogP contribution in [0.2, 0.25) is 0 Å². The van der Waals surface area contributed by atoms with E-state index in [4.69, 9.17) is 9.47 Å². The number of nitrogens with zero attached hydrogens (tertiary/aromatic N) is 3. The summed E-state index contributed by atoms with van der Waals surface area (Å²) in [5.74, 6) is 1.13. The number of fused-ring (bicyclic) bond motifs is 1. The topological polar surface area (TPSA) is 73.7 Å². The number of imidazole rings is 1. The Morgan fingerprint density at radius 3 is 2.79 bits per heavy atom. The van der Waals surface area contributed by atoms with Crippen LogP contribution in [0.5, 0.6) is 0 Å². The molecule has 0 aromatic carbocycles. The summed E-state index contributed by atoms with van der Waals surface area (Å²) in [5, 5.41) is 0.124. The highest BCUT2D eigenvalue weighted by Gasteiger charge is 2.46. The van der Waals surface area contributed by atoms with E-state index in [-0.39, 0.29) is 17.2 Å². The monoisotopic (exact) mass is 355 g/mol. The maximum Gasteiger partial charge on any atom is 0.262 e. The van der Waals surface area contributed by atoms with E-state index in [1.54, 1.807) is 22.1 Å². The summed E-state index contributed by atoms with van der Waals surface area (Å²) >= 11 is 0. The highest BCUT2D eigenvalue weighted by Crippen LogP contribution is 2.37. The molecule has 2 heterocycles. The number of hydrogen-bond acceptors (Lipinski definition) is 5. The lowest BCUT2D eigenvalue weighted by atomic mass is 10.1. The van der Waals surface area contributed by atoms with Crippen molar-refractivity contribution in [3.8, 4) is 0 Å². The fourth-order valence-electron chi connectivity index (χ4n) is 3.78. The zero-order valence-electron chi connectivity index (χ0n) is 14.0. The molecule has 24 heavy (non-hydrogen) atoms. The molecule has 2 saturated carbocycles. The molecular formula is C16H25N3O4S. The zero-order valence-corrected chi connectivity index (χ0v) is 14.8. The summed E-state index contributed by atoms with van der Waals surface area (Å²) in [6.45, 7) is 2.41. The third-order valence-corrected chi connectivity index (χ3v) is 7.05. The minimum Gasteiger partial charge on any atom is -0.381 e. The van der Waals surface area contributed by atoms with Gasteiger partial charge in [-0.1, -0.05) is 0 Å². The van der Waals surface area contributed by atoms with Gasteiger partial charge >= 0.3 is 0 Å². The number of rotatable bonds is 6. The Labute approximate surface area is 143 Å². The minimum atomic E-state index is -3.56. The van der Waals surface area contributed by atoms with Crippen molar-refractivity contribution in [2.75, 3.05) is 26.4 Å². The molecule has 0 amide bonds. The lowest BCUT2D eigenvalue weighted by Crippen LogP contribution is -2.51. The molecule has 134 valence electrons. The molecular weight excluding hydrogens is 330 g/mol. The fraction of sp³-hybridized carbons (Fsp3) is 0.812. The van der Waals surface area contributed by atoms with E-state index in [0.29, 0.717) is 25.7 Å². The first-order valence-corrected chi connectivity index (χ1v) is 10.2. The second-order valence-electron chi connectivity index (χ2n) is 7.29. The third-order valence-electron chi connectivity index (χ3n) is 5.24. The molecule has 3 aliphatic rings. The molecule has 3 unspecified atom stereocenters. The minimum absolute atomic E-state index is 0.0215. The average Bonchev–Trinajstić information content (AvgIpc) is 3.10. The number of hydrogen-bond donors (Lipinski definition) is 0. The van der Waals surface area contributed by atoms with Crippen LogP contribution < -0.4 is 0 Å². The summed E-state index contributed by atoms with van der Waals surface area (Å²) in [7, 11) is -1.79. The van der Waals surface area contributed by atoms with Gasteiger partial charge in [0.25, 0.3) is 10.0 Å². The molecule has 1 aromatic heterocycles. The van der Waals surface area contributed by atoms with Gasteiger partial charge in [0.05, 0.1) is 25.1 Å². The molecule has 2 aliphatic carbocycles. The van der Waals surface area contributed by atoms with E-state index >= 15 is 0 Å². The Morgan fingerprint density at radius 1 is 1.29 bits per heavy atom. The van der Waals surface area contributed by atoms with Crippen molar-refractivity contribution >= 4 is 10.0 Å². The first-order chi connectivity index (χ1) is 11.5. The Morgan fingerprint density at radius 2 is 2.08 bits per heavy atom. The number of ether oxygens (including phenoxy) is 2. The summed E-state index contributed by atoms with van der Waals surface area (Å²) in [5.41, 5.74) is 0. The van der Waals surface area contributed by atoms with Gasteiger partial charge in [0.2, 0.25) is 0 Å². The van der Waals surface area contributed by atoms with Crippen molar-refractivity contribution < 1.29 is 17.9 Å². The van der Waals surface area contributed by atoms with Gasteiger partial charge in [-0.15, -0.1) is 0 Å². The second-order valence-corrected chi connectivity index (χ2v) is 9.13. The van der Waals surface area contributed by atoms with E-state index in [0.717, 1.165) is 25.4 Å². The van der Waals surface area contributed by atoms with Gasteiger partial charge in [-0.2, -0.15) is 4.31 Å². The number of aromatic nitrogens is 2. The van der Waals surface area contributed by atoms with Crippen molar-refractivity contribution in [2.45, 2.75) is 42.9 Å². The Kier molecular flexibility index (Phi) is 4.40. The SMILES string of the molecule is Cn1cnc(S(=O)(=O)N2CCOC3CC(COCC4CC4)CC32)c1. The Hall–Kier alpha value is -0.960. The summed E-state index contributed by atoms with van der Waals surface area (Å²) in [6, 6.07) is -0.0970. The predicted octanol–water partition coefficient (Wildman–Crippen LogP) is 1.01. The maximum absolute atomic E-state index is 12.9. The summed E-state index contributed by atoms with van der Waals surface area (Å²) < 4.78 is 40.8. The van der Waals surface area contributed by atoms with Crippen LogP contribution in [-0.4, -0.2) is 60.8 Å². The first kappa shape index (κ1) is 16.5. The van der Waals surface area contributed by atoms with Crippen LogP contribution >= 0.6 is 0 Å². The third kappa shape index (κ3) is 3.24. The van der Waals surface area contributed by atoms with Crippen molar-refractivity contribution in [3.63, 3.8) is 0 Å². The van der Waals surface area contributed by atoms with Gasteiger partial charge in [-0.3, -0.25) is 0 Å². The molecule has 4 rings (SSSR count). The molecule has 1 saturated heterocycles. The number of sulfonamides is 1. The maximum atomic E-state index is 12.9. The molecule has 0 radical (unpaired) electrons. The highest BCUT2D eigenvalue weighted by molar-refractivity contribution is 7.89. The van der Waals surface area contributed by atoms with E-state index in [1.807, 2.05) is 0 Å². The van der Waals surface area contributed by atoms with Gasteiger partial charge in [0.15, 0.2) is 5.03 Å². The highest BCUT2D eigenvalue weighted by atomic mass is 32.2. The van der Waals surface area contributed by atoms with Crippen molar-refractivity contribution in [3.05, 3.63) is 12.5 Å². The van der Waals surface area contributed by atoms with Gasteiger partial charge in [-0.25, -0.2) is 13.4 Å². The molecule has 0 N–H and O–H groups in total. The van der Waals surface area contributed by atoms with E-state index in [9.17, 15) is 8.42 Å². The molecule has 0 bridgehead atoms.